The fourth-order valence-electron chi connectivity index (χ4n) is 6.36. The van der Waals surface area contributed by atoms with Crippen molar-refractivity contribution in [2.75, 3.05) is 14.1 Å². The molecule has 3 heterocycles. The second kappa shape index (κ2) is 13.1. The molecule has 13 atom stereocenters. The minimum Gasteiger partial charge on any atom is -0.462 e. The zero-order valence-corrected chi connectivity index (χ0v) is 25.2. The number of allylic oxidation sites excluding steroid dienone is 1. The summed E-state index contributed by atoms with van der Waals surface area (Å²) < 4.78 is 24.3. The van der Waals surface area contributed by atoms with Crippen LogP contribution in [0.2, 0.25) is 0 Å². The molecular formula is C30H51NO8. The summed E-state index contributed by atoms with van der Waals surface area (Å²) >= 11 is 0. The van der Waals surface area contributed by atoms with Gasteiger partial charge in [0, 0.05) is 23.8 Å². The largest absolute Gasteiger partial charge is 0.462 e. The van der Waals surface area contributed by atoms with Gasteiger partial charge in [-0.15, -0.1) is 0 Å². The van der Waals surface area contributed by atoms with E-state index in [4.69, 9.17) is 18.9 Å². The van der Waals surface area contributed by atoms with E-state index in [-0.39, 0.29) is 54.3 Å². The average molecular weight is 554 g/mol. The van der Waals surface area contributed by atoms with Crippen LogP contribution in [0.25, 0.3) is 0 Å². The van der Waals surface area contributed by atoms with Gasteiger partial charge in [0.1, 0.15) is 17.8 Å². The van der Waals surface area contributed by atoms with Crippen molar-refractivity contribution in [1.82, 2.24) is 4.90 Å². The highest BCUT2D eigenvalue weighted by atomic mass is 16.7. The third-order valence-electron chi connectivity index (χ3n) is 9.06. The van der Waals surface area contributed by atoms with Crippen molar-refractivity contribution in [3.8, 4) is 0 Å². The zero-order chi connectivity index (χ0) is 29.2. The first-order chi connectivity index (χ1) is 18.2. The van der Waals surface area contributed by atoms with Crippen LogP contribution >= 0.6 is 0 Å². The molecule has 3 aliphatic heterocycles. The zero-order valence-electron chi connectivity index (χ0n) is 25.2. The van der Waals surface area contributed by atoms with E-state index in [0.29, 0.717) is 19.3 Å². The van der Waals surface area contributed by atoms with Crippen molar-refractivity contribution in [3.05, 3.63) is 12.2 Å². The number of ketones is 1. The van der Waals surface area contributed by atoms with E-state index in [1.807, 2.05) is 73.5 Å². The molecule has 0 aromatic carbocycles. The first-order valence-electron chi connectivity index (χ1n) is 14.6. The minimum atomic E-state index is -1.04. The predicted molar refractivity (Wildman–Crippen MR) is 147 cm³/mol. The summed E-state index contributed by atoms with van der Waals surface area (Å²) in [6.07, 6.45) is 0.957. The SMILES string of the molecule is CCC1OC(=O)CC(O)C(C)C(OC2OC(C)CC(N(C)C)C2O)C(C)CC(C)C(=O)C=CC2(C)OC2C1C. The Kier molecular flexibility index (Phi) is 10.8. The van der Waals surface area contributed by atoms with E-state index in [0.717, 1.165) is 0 Å². The van der Waals surface area contributed by atoms with Crippen molar-refractivity contribution >= 4 is 11.8 Å². The molecule has 9 heteroatoms. The highest BCUT2D eigenvalue weighted by Gasteiger charge is 2.55. The lowest BCUT2D eigenvalue weighted by Crippen LogP contribution is -2.56. The van der Waals surface area contributed by atoms with Crippen molar-refractivity contribution in [3.63, 3.8) is 0 Å². The number of ether oxygens (including phenoxy) is 4. The van der Waals surface area contributed by atoms with Crippen LogP contribution < -0.4 is 0 Å². The van der Waals surface area contributed by atoms with Gasteiger partial charge >= 0.3 is 5.97 Å². The molecule has 0 aliphatic carbocycles. The minimum absolute atomic E-state index is 0.00209. The number of carbonyl (C=O) groups excluding carboxylic acids is 2. The molecule has 2 fully saturated rings. The molecule has 3 rings (SSSR count). The number of carbonyl (C=O) groups is 2. The molecule has 0 spiro atoms. The van der Waals surface area contributed by atoms with E-state index in [1.54, 1.807) is 6.08 Å². The Balaban J connectivity index is 1.88. The number of aliphatic hydroxyl groups excluding tert-OH is 2. The topological polar surface area (TPSA) is 118 Å². The van der Waals surface area contributed by atoms with E-state index in [2.05, 4.69) is 0 Å². The highest BCUT2D eigenvalue weighted by Crippen LogP contribution is 2.44. The molecule has 3 aliphatic rings. The lowest BCUT2D eigenvalue weighted by Gasteiger charge is -2.44. The van der Waals surface area contributed by atoms with Crippen molar-refractivity contribution < 1.29 is 38.7 Å². The average Bonchev–Trinajstić information content (AvgIpc) is 3.55. The van der Waals surface area contributed by atoms with E-state index < -0.39 is 42.1 Å². The first-order valence-corrected chi connectivity index (χ1v) is 14.6. The van der Waals surface area contributed by atoms with Crippen LogP contribution in [-0.4, -0.2) is 95.5 Å². The van der Waals surface area contributed by atoms with Gasteiger partial charge in [-0.25, -0.2) is 0 Å². The van der Waals surface area contributed by atoms with Crippen LogP contribution in [0.3, 0.4) is 0 Å². The summed E-state index contributed by atoms with van der Waals surface area (Å²) in [4.78, 5) is 28.0. The highest BCUT2D eigenvalue weighted by molar-refractivity contribution is 5.91. The summed E-state index contributed by atoms with van der Waals surface area (Å²) in [5.74, 6) is -1.51. The van der Waals surface area contributed by atoms with Gasteiger partial charge in [0.2, 0.25) is 0 Å². The van der Waals surface area contributed by atoms with Crippen LogP contribution in [0, 0.1) is 23.7 Å². The Bertz CT molecular complexity index is 879. The maximum atomic E-state index is 13.1. The molecule has 0 aromatic rings. The fourth-order valence-corrected chi connectivity index (χ4v) is 6.36. The van der Waals surface area contributed by atoms with Crippen LogP contribution in [-0.2, 0) is 28.5 Å². The monoisotopic (exact) mass is 553 g/mol. The van der Waals surface area contributed by atoms with Gasteiger partial charge < -0.3 is 34.1 Å². The number of cyclic esters (lactones) is 1. The molecule has 0 saturated carbocycles. The van der Waals surface area contributed by atoms with E-state index in [9.17, 15) is 19.8 Å². The summed E-state index contributed by atoms with van der Waals surface area (Å²) in [7, 11) is 3.83. The standard InChI is InChI=1S/C30H51NO8/c1-10-24-20(6)28-30(7,39-28)12-11-22(32)16(2)13-17(3)27(19(5)23(33)15-25(34)37-24)38-29-26(35)21(31(8)9)14-18(4)36-29/h11-12,16-21,23-24,26-29,33,35H,10,13-15H2,1-9H3. The quantitative estimate of drug-likeness (QED) is 0.400. The molecule has 13 unspecified atom stereocenters. The Morgan fingerprint density at radius 1 is 1.08 bits per heavy atom. The Morgan fingerprint density at radius 3 is 2.36 bits per heavy atom. The van der Waals surface area contributed by atoms with E-state index >= 15 is 0 Å². The van der Waals surface area contributed by atoms with Gasteiger partial charge in [0.25, 0.3) is 0 Å². The lowest BCUT2D eigenvalue weighted by molar-refractivity contribution is -0.282. The lowest BCUT2D eigenvalue weighted by atomic mass is 9.82. The molecular weight excluding hydrogens is 502 g/mol. The van der Waals surface area contributed by atoms with Gasteiger partial charge in [-0.3, -0.25) is 9.59 Å². The van der Waals surface area contributed by atoms with Crippen LogP contribution in [0.4, 0.5) is 0 Å². The number of hydrogen-bond donors (Lipinski definition) is 2. The third kappa shape index (κ3) is 7.68. The normalized spacial score (nSPS) is 46.6. The Hall–Kier alpha value is -1.36. The van der Waals surface area contributed by atoms with Gasteiger partial charge in [0.15, 0.2) is 12.1 Å². The van der Waals surface area contributed by atoms with Crippen LogP contribution in [0.1, 0.15) is 74.1 Å². The Morgan fingerprint density at radius 2 is 1.74 bits per heavy atom. The summed E-state index contributed by atoms with van der Waals surface area (Å²) in [6, 6.07) is -0.149. The van der Waals surface area contributed by atoms with Gasteiger partial charge in [-0.2, -0.15) is 0 Å². The van der Waals surface area contributed by atoms with Gasteiger partial charge in [-0.05, 0) is 65.3 Å². The van der Waals surface area contributed by atoms with Crippen molar-refractivity contribution in [2.45, 2.75) is 129 Å². The number of epoxide rings is 1. The third-order valence-corrected chi connectivity index (χ3v) is 9.06. The van der Waals surface area contributed by atoms with Crippen molar-refractivity contribution in [1.29, 1.82) is 0 Å². The Labute approximate surface area is 234 Å². The number of nitrogens with zero attached hydrogens (tertiary/aromatic N) is 1. The maximum Gasteiger partial charge on any atom is 0.308 e. The smallest absolute Gasteiger partial charge is 0.308 e. The van der Waals surface area contributed by atoms with Crippen LogP contribution in [0.5, 0.6) is 0 Å². The second-order valence-electron chi connectivity index (χ2n) is 12.7. The summed E-state index contributed by atoms with van der Waals surface area (Å²) in [5, 5.41) is 22.3. The molecule has 9 nitrogen and oxygen atoms in total. The molecule has 224 valence electrons. The molecule has 0 bridgehead atoms. The molecule has 0 aromatic heterocycles. The second-order valence-corrected chi connectivity index (χ2v) is 12.7. The predicted octanol–water partition coefficient (Wildman–Crippen LogP) is 3.10. The molecule has 2 saturated heterocycles. The van der Waals surface area contributed by atoms with E-state index in [1.165, 1.54) is 0 Å². The molecule has 0 radical (unpaired) electrons. The number of likely N-dealkylation sites (N-methyl/N-ethyl adjacent to an activating group) is 1. The van der Waals surface area contributed by atoms with Gasteiger partial charge in [0.05, 0.1) is 30.8 Å². The number of hydrogen-bond acceptors (Lipinski definition) is 9. The number of esters is 1. The number of fused-ring (bicyclic) bond motifs is 1. The van der Waals surface area contributed by atoms with Crippen molar-refractivity contribution in [2.24, 2.45) is 23.7 Å². The molecule has 39 heavy (non-hydrogen) atoms. The number of rotatable bonds is 4. The first kappa shape index (κ1) is 32.2. The fraction of sp³-hybridized carbons (Fsp3) is 0.867. The van der Waals surface area contributed by atoms with Gasteiger partial charge in [-0.1, -0.05) is 34.6 Å². The van der Waals surface area contributed by atoms with Crippen LogP contribution in [0.15, 0.2) is 12.2 Å². The maximum absolute atomic E-state index is 13.1. The summed E-state index contributed by atoms with van der Waals surface area (Å²) in [6.45, 7) is 13.5. The number of aliphatic hydroxyl groups is 2. The molecule has 0 amide bonds. The molecule has 2 N–H and O–H groups in total. The summed E-state index contributed by atoms with van der Waals surface area (Å²) in [5.41, 5.74) is -0.578.